The number of hydrogen-bond donors (Lipinski definition) is 0. The third-order valence-corrected chi connectivity index (χ3v) is 11.1. The molecular weight excluding hydrogens is 618 g/mol. The van der Waals surface area contributed by atoms with E-state index in [-0.39, 0.29) is 42.1 Å². The van der Waals surface area contributed by atoms with E-state index in [2.05, 4.69) is 124 Å². The summed E-state index contributed by atoms with van der Waals surface area (Å²) in [4.78, 5) is 0. The molecule has 0 atom stereocenters. The molecule has 210 valence electrons. The van der Waals surface area contributed by atoms with Crippen molar-refractivity contribution < 1.29 is 18.6 Å². The lowest BCUT2D eigenvalue weighted by molar-refractivity contribution is 0.00578. The highest BCUT2D eigenvalue weighted by Gasteiger charge is 2.54. The second kappa shape index (κ2) is 10.3. The van der Waals surface area contributed by atoms with Gasteiger partial charge in [-0.05, 0) is 114 Å². The predicted molar refractivity (Wildman–Crippen MR) is 170 cm³/mol. The summed E-state index contributed by atoms with van der Waals surface area (Å²) in [6.07, 6.45) is 4.29. The van der Waals surface area contributed by atoms with Crippen LogP contribution in [0.2, 0.25) is 0 Å². The summed E-state index contributed by atoms with van der Waals surface area (Å²) < 4.78 is 25.9. The van der Waals surface area contributed by atoms with Gasteiger partial charge >= 0.3 is 14.2 Å². The lowest BCUT2D eigenvalue weighted by Gasteiger charge is -2.33. The monoisotopic (exact) mass is 658 g/mol. The molecule has 5 rings (SSSR count). The molecule has 0 saturated carbocycles. The molecule has 2 heterocycles. The van der Waals surface area contributed by atoms with Crippen molar-refractivity contribution in [1.82, 2.24) is 0 Å². The molecule has 2 aliphatic heterocycles. The van der Waals surface area contributed by atoms with Crippen molar-refractivity contribution in [3.63, 3.8) is 0 Å². The SMILES string of the molecule is CC1(C)OB(c2ccc3c(c2)C(CCCBr)(CCCBr)c2cc(B4OC(C)(C)C(C)(C)O4)ccc2-3)OC1(C)C. The minimum absolute atomic E-state index is 0.106. The first-order valence-corrected chi connectivity index (χ1v) is 16.5. The predicted octanol–water partition coefficient (Wildman–Crippen LogP) is 6.90. The van der Waals surface area contributed by atoms with Crippen LogP contribution in [-0.4, -0.2) is 47.3 Å². The van der Waals surface area contributed by atoms with Crippen LogP contribution in [-0.2, 0) is 24.0 Å². The summed E-state index contributed by atoms with van der Waals surface area (Å²) in [5.41, 5.74) is 5.98. The van der Waals surface area contributed by atoms with Gasteiger partial charge in [0.25, 0.3) is 0 Å². The maximum atomic E-state index is 6.47. The zero-order chi connectivity index (χ0) is 28.4. The van der Waals surface area contributed by atoms with Crippen LogP contribution in [0.5, 0.6) is 0 Å². The van der Waals surface area contributed by atoms with Crippen molar-refractivity contribution in [3.8, 4) is 11.1 Å². The number of hydrogen-bond acceptors (Lipinski definition) is 4. The summed E-state index contributed by atoms with van der Waals surface area (Å²) in [6.45, 7) is 16.9. The Morgan fingerprint density at radius 3 is 1.21 bits per heavy atom. The molecule has 0 spiro atoms. The zero-order valence-corrected chi connectivity index (χ0v) is 27.9. The van der Waals surface area contributed by atoms with Crippen molar-refractivity contribution in [2.24, 2.45) is 0 Å². The van der Waals surface area contributed by atoms with Crippen LogP contribution < -0.4 is 10.9 Å². The fourth-order valence-corrected chi connectivity index (χ4v) is 6.74. The van der Waals surface area contributed by atoms with Crippen LogP contribution >= 0.6 is 31.9 Å². The van der Waals surface area contributed by atoms with Gasteiger partial charge in [-0.25, -0.2) is 0 Å². The number of halogens is 2. The molecule has 39 heavy (non-hydrogen) atoms. The zero-order valence-electron chi connectivity index (χ0n) is 24.8. The van der Waals surface area contributed by atoms with E-state index in [1.54, 1.807) is 0 Å². The maximum Gasteiger partial charge on any atom is 0.494 e. The summed E-state index contributed by atoms with van der Waals surface area (Å²) in [6, 6.07) is 13.7. The van der Waals surface area contributed by atoms with Gasteiger partial charge in [0, 0.05) is 16.1 Å². The largest absolute Gasteiger partial charge is 0.494 e. The number of benzene rings is 2. The van der Waals surface area contributed by atoms with Crippen molar-refractivity contribution >= 4 is 57.0 Å². The van der Waals surface area contributed by atoms with E-state index in [1.165, 1.54) is 22.3 Å². The normalized spacial score (nSPS) is 23.2. The molecule has 1 aliphatic carbocycles. The molecule has 2 aromatic carbocycles. The van der Waals surface area contributed by atoms with Gasteiger partial charge in [0.1, 0.15) is 0 Å². The lowest BCUT2D eigenvalue weighted by atomic mass is 9.67. The minimum Gasteiger partial charge on any atom is -0.399 e. The molecule has 0 aromatic heterocycles. The van der Waals surface area contributed by atoms with Gasteiger partial charge in [-0.15, -0.1) is 0 Å². The van der Waals surface area contributed by atoms with Crippen molar-refractivity contribution in [2.75, 3.05) is 10.7 Å². The first-order valence-electron chi connectivity index (χ1n) is 14.3. The Morgan fingerprint density at radius 1 is 0.564 bits per heavy atom. The Kier molecular flexibility index (Phi) is 7.86. The van der Waals surface area contributed by atoms with Crippen LogP contribution in [0.1, 0.15) is 92.2 Å². The molecule has 0 amide bonds. The summed E-state index contributed by atoms with van der Waals surface area (Å²) >= 11 is 7.45. The van der Waals surface area contributed by atoms with Gasteiger partial charge < -0.3 is 18.6 Å². The van der Waals surface area contributed by atoms with Gasteiger partial charge in [0.15, 0.2) is 0 Å². The third-order valence-electron chi connectivity index (χ3n) is 9.93. The fraction of sp³-hybridized carbons (Fsp3) is 0.613. The van der Waals surface area contributed by atoms with E-state index < -0.39 is 0 Å². The highest BCUT2D eigenvalue weighted by atomic mass is 79.9. The Labute approximate surface area is 252 Å². The number of rotatable bonds is 8. The van der Waals surface area contributed by atoms with Crippen molar-refractivity contribution in [3.05, 3.63) is 47.5 Å². The van der Waals surface area contributed by atoms with Crippen LogP contribution in [0.15, 0.2) is 36.4 Å². The average Bonchev–Trinajstić information content (AvgIpc) is 3.35. The molecule has 2 saturated heterocycles. The Morgan fingerprint density at radius 2 is 0.897 bits per heavy atom. The van der Waals surface area contributed by atoms with E-state index in [9.17, 15) is 0 Å². The second-order valence-corrected chi connectivity index (χ2v) is 15.0. The molecule has 8 heteroatoms. The molecule has 4 nitrogen and oxygen atoms in total. The third kappa shape index (κ3) is 4.93. The second-order valence-electron chi connectivity index (χ2n) is 13.5. The van der Waals surface area contributed by atoms with Crippen LogP contribution in [0, 0.1) is 0 Å². The van der Waals surface area contributed by atoms with Gasteiger partial charge in [-0.2, -0.15) is 0 Å². The van der Waals surface area contributed by atoms with Crippen molar-refractivity contribution in [2.45, 2.75) is 109 Å². The fourth-order valence-electron chi connectivity index (χ4n) is 6.18. The molecule has 0 N–H and O–H groups in total. The summed E-state index contributed by atoms with van der Waals surface area (Å²) in [5, 5.41) is 1.95. The first-order chi connectivity index (χ1) is 18.2. The van der Waals surface area contributed by atoms with E-state index in [4.69, 9.17) is 18.6 Å². The Bertz CT molecular complexity index is 1120. The van der Waals surface area contributed by atoms with E-state index in [0.29, 0.717) is 0 Å². The summed E-state index contributed by atoms with van der Waals surface area (Å²) in [5.74, 6) is 0. The molecule has 2 fully saturated rings. The molecule has 0 unspecified atom stereocenters. The molecule has 3 aliphatic rings. The smallest absolute Gasteiger partial charge is 0.399 e. The van der Waals surface area contributed by atoms with Crippen LogP contribution in [0.4, 0.5) is 0 Å². The van der Waals surface area contributed by atoms with E-state index in [1.807, 2.05) is 0 Å². The maximum absolute atomic E-state index is 6.47. The van der Waals surface area contributed by atoms with Gasteiger partial charge in [0.2, 0.25) is 0 Å². The van der Waals surface area contributed by atoms with Crippen LogP contribution in [0.3, 0.4) is 0 Å². The van der Waals surface area contributed by atoms with Gasteiger partial charge in [-0.3, -0.25) is 0 Å². The molecule has 0 bridgehead atoms. The minimum atomic E-state index is -0.380. The van der Waals surface area contributed by atoms with Crippen LogP contribution in [0.25, 0.3) is 11.1 Å². The molecule has 2 aromatic rings. The quantitative estimate of drug-likeness (QED) is 0.228. The standard InChI is InChI=1S/C31H42B2Br2O4/c1-27(2)28(3,4)37-32(36-27)21-11-13-23-24-14-12-22(33-38-29(5,6)30(7,8)39-33)20-26(24)31(15-9-17-34,16-10-18-35)25(23)19-21/h11-14,19-20H,9-10,15-18H2,1-8H3. The number of alkyl halides is 2. The van der Waals surface area contributed by atoms with E-state index >= 15 is 0 Å². The highest BCUT2D eigenvalue weighted by molar-refractivity contribution is 9.09. The van der Waals surface area contributed by atoms with E-state index in [0.717, 1.165) is 47.3 Å². The van der Waals surface area contributed by atoms with Crippen molar-refractivity contribution in [1.29, 1.82) is 0 Å². The first kappa shape index (κ1) is 29.8. The Hall–Kier alpha value is -0.630. The highest BCUT2D eigenvalue weighted by Crippen LogP contribution is 2.54. The van der Waals surface area contributed by atoms with Gasteiger partial charge in [-0.1, -0.05) is 68.3 Å². The summed E-state index contributed by atoms with van der Waals surface area (Å²) in [7, 11) is -0.760. The number of fused-ring (bicyclic) bond motifs is 3. The molecular formula is C31H42B2Br2O4. The topological polar surface area (TPSA) is 36.9 Å². The molecule has 0 radical (unpaired) electrons. The lowest BCUT2D eigenvalue weighted by Crippen LogP contribution is -2.41. The van der Waals surface area contributed by atoms with Gasteiger partial charge in [0.05, 0.1) is 22.4 Å². The Balaban J connectivity index is 1.61. The average molecular weight is 660 g/mol.